The van der Waals surface area contributed by atoms with E-state index < -0.39 is 9.84 Å². The Kier molecular flexibility index (Phi) is 4.94. The van der Waals surface area contributed by atoms with Gasteiger partial charge in [-0.15, -0.1) is 0 Å². The van der Waals surface area contributed by atoms with E-state index in [9.17, 15) is 8.42 Å². The summed E-state index contributed by atoms with van der Waals surface area (Å²) >= 11 is 5.99. The first kappa shape index (κ1) is 15.6. The van der Waals surface area contributed by atoms with Crippen LogP contribution in [0.1, 0.15) is 18.4 Å². The van der Waals surface area contributed by atoms with Gasteiger partial charge in [0.25, 0.3) is 0 Å². The second-order valence-electron chi connectivity index (χ2n) is 5.43. The first-order valence-electron chi connectivity index (χ1n) is 6.68. The Labute approximate surface area is 125 Å². The summed E-state index contributed by atoms with van der Waals surface area (Å²) in [5.41, 5.74) is 7.12. The van der Waals surface area contributed by atoms with Gasteiger partial charge in [0.05, 0.1) is 18.6 Å². The highest BCUT2D eigenvalue weighted by molar-refractivity contribution is 7.91. The quantitative estimate of drug-likeness (QED) is 0.902. The Hall–Kier alpha value is -0.780. The smallest absolute Gasteiger partial charge is 0.150 e. The second kappa shape index (κ2) is 6.33. The van der Waals surface area contributed by atoms with E-state index in [2.05, 4.69) is 0 Å². The van der Waals surface area contributed by atoms with Gasteiger partial charge in [-0.25, -0.2) is 8.42 Å². The lowest BCUT2D eigenvalue weighted by atomic mass is 9.95. The largest absolute Gasteiger partial charge is 0.496 e. The molecule has 4 nitrogen and oxygen atoms in total. The second-order valence-corrected chi connectivity index (χ2v) is 8.09. The van der Waals surface area contributed by atoms with E-state index in [1.54, 1.807) is 13.2 Å². The Balaban J connectivity index is 1.98. The minimum Gasteiger partial charge on any atom is -0.496 e. The van der Waals surface area contributed by atoms with Crippen LogP contribution in [0.25, 0.3) is 0 Å². The highest BCUT2D eigenvalue weighted by atomic mass is 35.5. The summed E-state index contributed by atoms with van der Waals surface area (Å²) in [4.78, 5) is 0. The van der Waals surface area contributed by atoms with E-state index >= 15 is 0 Å². The van der Waals surface area contributed by atoms with Crippen molar-refractivity contribution in [3.8, 4) is 5.75 Å². The summed E-state index contributed by atoms with van der Waals surface area (Å²) in [7, 11) is -1.22. The SMILES string of the molecule is COc1ccc(Cl)cc1CC(N)CC1CCS(=O)(=O)C1. The first-order chi connectivity index (χ1) is 9.39. The van der Waals surface area contributed by atoms with E-state index in [0.717, 1.165) is 24.2 Å². The molecule has 1 aromatic carbocycles. The third-order valence-electron chi connectivity index (χ3n) is 3.69. The summed E-state index contributed by atoms with van der Waals surface area (Å²) in [6.45, 7) is 0. The number of nitrogens with two attached hydrogens (primary N) is 1. The van der Waals surface area contributed by atoms with E-state index in [0.29, 0.717) is 17.2 Å². The molecule has 0 aromatic heterocycles. The van der Waals surface area contributed by atoms with Gasteiger partial charge in [0, 0.05) is 11.1 Å². The minimum atomic E-state index is -2.83. The predicted octanol–water partition coefficient (Wildman–Crippen LogP) is 2.04. The molecule has 2 unspecified atom stereocenters. The third-order valence-corrected chi connectivity index (χ3v) is 5.76. The number of ether oxygens (including phenoxy) is 1. The highest BCUT2D eigenvalue weighted by Crippen LogP contribution is 2.27. The van der Waals surface area contributed by atoms with E-state index in [4.69, 9.17) is 22.1 Å². The van der Waals surface area contributed by atoms with Crippen LogP contribution in [0, 0.1) is 5.92 Å². The van der Waals surface area contributed by atoms with Crippen LogP contribution in [-0.4, -0.2) is 33.1 Å². The Morgan fingerprint density at radius 2 is 2.25 bits per heavy atom. The number of halogens is 1. The van der Waals surface area contributed by atoms with Gasteiger partial charge >= 0.3 is 0 Å². The molecule has 112 valence electrons. The van der Waals surface area contributed by atoms with E-state index in [-0.39, 0.29) is 17.7 Å². The molecule has 1 aliphatic heterocycles. The topological polar surface area (TPSA) is 69.4 Å². The maximum Gasteiger partial charge on any atom is 0.150 e. The lowest BCUT2D eigenvalue weighted by Gasteiger charge is -2.17. The zero-order chi connectivity index (χ0) is 14.8. The fraction of sp³-hybridized carbons (Fsp3) is 0.571. The molecule has 0 saturated carbocycles. The van der Waals surface area contributed by atoms with Gasteiger partial charge in [0.1, 0.15) is 5.75 Å². The molecule has 1 aromatic rings. The predicted molar refractivity (Wildman–Crippen MR) is 81.1 cm³/mol. The molecular formula is C14H20ClNO3S. The van der Waals surface area contributed by atoms with Crippen LogP contribution in [0.5, 0.6) is 5.75 Å². The summed E-state index contributed by atoms with van der Waals surface area (Å²) < 4.78 is 28.2. The lowest BCUT2D eigenvalue weighted by molar-refractivity contribution is 0.403. The average Bonchev–Trinajstić information content (AvgIpc) is 2.68. The van der Waals surface area contributed by atoms with Crippen LogP contribution in [0.3, 0.4) is 0 Å². The molecule has 1 saturated heterocycles. The van der Waals surface area contributed by atoms with Crippen molar-refractivity contribution in [2.24, 2.45) is 11.7 Å². The number of hydrogen-bond acceptors (Lipinski definition) is 4. The van der Waals surface area contributed by atoms with Gasteiger partial charge in [-0.2, -0.15) is 0 Å². The molecule has 20 heavy (non-hydrogen) atoms. The van der Waals surface area contributed by atoms with Crippen molar-refractivity contribution < 1.29 is 13.2 Å². The van der Waals surface area contributed by atoms with Crippen molar-refractivity contribution in [1.29, 1.82) is 0 Å². The zero-order valence-corrected chi connectivity index (χ0v) is 13.1. The summed E-state index contributed by atoms with van der Waals surface area (Å²) in [6.07, 6.45) is 2.08. The zero-order valence-electron chi connectivity index (χ0n) is 11.5. The molecule has 0 spiro atoms. The van der Waals surface area contributed by atoms with E-state index in [1.165, 1.54) is 0 Å². The summed E-state index contributed by atoms with van der Waals surface area (Å²) in [5, 5.41) is 0.649. The normalized spacial score (nSPS) is 22.6. The fourth-order valence-corrected chi connectivity index (χ4v) is 4.83. The van der Waals surface area contributed by atoms with Gasteiger partial charge < -0.3 is 10.5 Å². The number of sulfone groups is 1. The Morgan fingerprint density at radius 3 is 2.85 bits per heavy atom. The van der Waals surface area contributed by atoms with Crippen molar-refractivity contribution in [2.45, 2.75) is 25.3 Å². The van der Waals surface area contributed by atoms with Crippen LogP contribution >= 0.6 is 11.6 Å². The highest BCUT2D eigenvalue weighted by Gasteiger charge is 2.29. The van der Waals surface area contributed by atoms with Crippen LogP contribution in [-0.2, 0) is 16.3 Å². The monoisotopic (exact) mass is 317 g/mol. The van der Waals surface area contributed by atoms with Gasteiger partial charge in [-0.3, -0.25) is 0 Å². The van der Waals surface area contributed by atoms with Crippen LogP contribution in [0.4, 0.5) is 0 Å². The van der Waals surface area contributed by atoms with Gasteiger partial charge in [0.15, 0.2) is 9.84 Å². The van der Waals surface area contributed by atoms with Crippen molar-refractivity contribution in [3.05, 3.63) is 28.8 Å². The maximum absolute atomic E-state index is 11.4. The van der Waals surface area contributed by atoms with Crippen LogP contribution < -0.4 is 10.5 Å². The van der Waals surface area contributed by atoms with E-state index in [1.807, 2.05) is 12.1 Å². The molecular weight excluding hydrogens is 298 g/mol. The minimum absolute atomic E-state index is 0.0827. The molecule has 2 N–H and O–H groups in total. The standard InChI is InChI=1S/C14H20ClNO3S/c1-19-14-3-2-12(15)7-11(14)8-13(16)6-10-4-5-20(17,18)9-10/h2-3,7,10,13H,4-6,8-9,16H2,1H3. The summed E-state index contributed by atoms with van der Waals surface area (Å²) in [5.74, 6) is 1.52. The molecule has 2 rings (SSSR count). The van der Waals surface area contributed by atoms with Crippen LogP contribution in [0.2, 0.25) is 5.02 Å². The average molecular weight is 318 g/mol. The first-order valence-corrected chi connectivity index (χ1v) is 8.88. The molecule has 1 heterocycles. The van der Waals surface area contributed by atoms with Crippen molar-refractivity contribution in [3.63, 3.8) is 0 Å². The van der Waals surface area contributed by atoms with Crippen molar-refractivity contribution >= 4 is 21.4 Å². The fourth-order valence-electron chi connectivity index (χ4n) is 2.76. The maximum atomic E-state index is 11.4. The molecule has 2 atom stereocenters. The van der Waals surface area contributed by atoms with Crippen LogP contribution in [0.15, 0.2) is 18.2 Å². The van der Waals surface area contributed by atoms with Crippen molar-refractivity contribution in [1.82, 2.24) is 0 Å². The molecule has 0 aliphatic carbocycles. The Morgan fingerprint density at radius 1 is 1.50 bits per heavy atom. The number of hydrogen-bond donors (Lipinski definition) is 1. The molecule has 0 radical (unpaired) electrons. The van der Waals surface area contributed by atoms with Gasteiger partial charge in [0.2, 0.25) is 0 Å². The molecule has 0 bridgehead atoms. The number of rotatable bonds is 5. The van der Waals surface area contributed by atoms with Crippen molar-refractivity contribution in [2.75, 3.05) is 18.6 Å². The third kappa shape index (κ3) is 4.11. The molecule has 1 fully saturated rings. The van der Waals surface area contributed by atoms with Gasteiger partial charge in [-0.05, 0) is 48.9 Å². The lowest BCUT2D eigenvalue weighted by Crippen LogP contribution is -2.26. The number of methoxy groups -OCH3 is 1. The molecule has 1 aliphatic rings. The number of benzene rings is 1. The molecule has 0 amide bonds. The molecule has 6 heteroatoms. The summed E-state index contributed by atoms with van der Waals surface area (Å²) in [6, 6.07) is 5.37. The van der Waals surface area contributed by atoms with Gasteiger partial charge in [-0.1, -0.05) is 11.6 Å². The Bertz CT molecular complexity index is 574.